The third-order valence-corrected chi connectivity index (χ3v) is 4.73. The average molecular weight is 299 g/mol. The van der Waals surface area contributed by atoms with Crippen molar-refractivity contribution in [1.82, 2.24) is 4.90 Å². The zero-order valence-corrected chi connectivity index (χ0v) is 12.2. The molecular formula is C15H20ClFN2O. The van der Waals surface area contributed by atoms with Crippen molar-refractivity contribution in [2.75, 3.05) is 0 Å². The van der Waals surface area contributed by atoms with Gasteiger partial charge in [-0.2, -0.15) is 0 Å². The number of hydrogen-bond acceptors (Lipinski definition) is 2. The summed E-state index contributed by atoms with van der Waals surface area (Å²) in [5.74, 6) is -0.424. The van der Waals surface area contributed by atoms with Gasteiger partial charge >= 0.3 is 0 Å². The van der Waals surface area contributed by atoms with Crippen LogP contribution in [0.5, 0.6) is 0 Å². The van der Waals surface area contributed by atoms with Gasteiger partial charge in [-0.15, -0.1) is 12.4 Å². The Bertz CT molecular complexity index is 489. The second-order valence-corrected chi connectivity index (χ2v) is 5.73. The van der Waals surface area contributed by atoms with Gasteiger partial charge in [-0.3, -0.25) is 9.69 Å². The van der Waals surface area contributed by atoms with E-state index in [1.54, 1.807) is 12.1 Å². The summed E-state index contributed by atoms with van der Waals surface area (Å²) >= 11 is 0. The zero-order valence-electron chi connectivity index (χ0n) is 11.3. The first-order valence-electron chi connectivity index (χ1n) is 6.93. The normalized spacial score (nSPS) is 28.9. The van der Waals surface area contributed by atoms with Crippen LogP contribution in [0.15, 0.2) is 24.3 Å². The highest BCUT2D eigenvalue weighted by atomic mass is 35.5. The van der Waals surface area contributed by atoms with Gasteiger partial charge in [0.25, 0.3) is 0 Å². The summed E-state index contributed by atoms with van der Waals surface area (Å²) in [4.78, 5) is 14.2. The molecule has 2 saturated heterocycles. The molecule has 2 atom stereocenters. The van der Waals surface area contributed by atoms with Gasteiger partial charge in [0.15, 0.2) is 0 Å². The molecule has 2 heterocycles. The van der Waals surface area contributed by atoms with Gasteiger partial charge < -0.3 is 5.73 Å². The fraction of sp³-hybridized carbons (Fsp3) is 0.533. The smallest absolute Gasteiger partial charge is 0.237 e. The van der Waals surface area contributed by atoms with Crippen LogP contribution in [0.2, 0.25) is 0 Å². The minimum Gasteiger partial charge on any atom is -0.368 e. The number of hydrogen-bond donors (Lipinski definition) is 1. The first-order valence-corrected chi connectivity index (χ1v) is 6.93. The zero-order chi connectivity index (χ0) is 13.5. The van der Waals surface area contributed by atoms with Crippen LogP contribution in [0.25, 0.3) is 0 Å². The van der Waals surface area contributed by atoms with Crippen molar-refractivity contribution in [3.8, 4) is 0 Å². The molecule has 2 aliphatic heterocycles. The maximum absolute atomic E-state index is 12.9. The molecule has 2 N–H and O–H groups in total. The van der Waals surface area contributed by atoms with Crippen LogP contribution in [0.3, 0.4) is 0 Å². The van der Waals surface area contributed by atoms with Crippen LogP contribution in [-0.2, 0) is 11.3 Å². The summed E-state index contributed by atoms with van der Waals surface area (Å²) in [5.41, 5.74) is 6.25. The lowest BCUT2D eigenvalue weighted by atomic mass is 9.87. The highest BCUT2D eigenvalue weighted by molar-refractivity contribution is 5.85. The van der Waals surface area contributed by atoms with Crippen molar-refractivity contribution in [2.24, 2.45) is 5.73 Å². The SMILES string of the molecule is Cl.NC(=O)C12CCCC(CC1)N2Cc1ccc(F)cc1. The Morgan fingerprint density at radius 1 is 1.30 bits per heavy atom. The molecule has 3 nitrogen and oxygen atoms in total. The molecule has 20 heavy (non-hydrogen) atoms. The molecule has 0 saturated carbocycles. The second-order valence-electron chi connectivity index (χ2n) is 5.73. The fourth-order valence-electron chi connectivity index (χ4n) is 3.71. The first-order chi connectivity index (χ1) is 9.12. The van der Waals surface area contributed by atoms with Gasteiger partial charge in [0.1, 0.15) is 11.4 Å². The standard InChI is InChI=1S/C15H19FN2O.ClH/c16-12-5-3-11(4-6-12)10-18-13-2-1-8-15(18,9-7-13)14(17)19;/h3-6,13H,1-2,7-10H2,(H2,17,19);1H. The topological polar surface area (TPSA) is 46.3 Å². The Morgan fingerprint density at radius 2 is 2.00 bits per heavy atom. The van der Waals surface area contributed by atoms with Crippen molar-refractivity contribution in [2.45, 2.75) is 50.2 Å². The van der Waals surface area contributed by atoms with Crippen molar-refractivity contribution in [1.29, 1.82) is 0 Å². The Kier molecular flexibility index (Phi) is 4.35. The quantitative estimate of drug-likeness (QED) is 0.932. The summed E-state index contributed by atoms with van der Waals surface area (Å²) in [6.07, 6.45) is 4.99. The molecule has 2 unspecified atom stereocenters. The molecule has 1 amide bonds. The minimum atomic E-state index is -0.461. The number of nitrogens with two attached hydrogens (primary N) is 1. The van der Waals surface area contributed by atoms with Gasteiger partial charge in [0.2, 0.25) is 5.91 Å². The summed E-state index contributed by atoms with van der Waals surface area (Å²) in [6, 6.07) is 6.97. The lowest BCUT2D eigenvalue weighted by Crippen LogP contribution is -2.57. The van der Waals surface area contributed by atoms with E-state index in [1.807, 2.05) is 0 Å². The average Bonchev–Trinajstić information content (AvgIpc) is 2.60. The highest BCUT2D eigenvalue weighted by Gasteiger charge is 2.52. The number of nitrogens with zero attached hydrogens (tertiary/aromatic N) is 1. The highest BCUT2D eigenvalue weighted by Crippen LogP contribution is 2.44. The number of carbonyl (C=O) groups is 1. The Morgan fingerprint density at radius 3 is 2.65 bits per heavy atom. The Balaban J connectivity index is 0.00000147. The predicted octanol–water partition coefficient (Wildman–Crippen LogP) is 2.62. The Labute approximate surface area is 124 Å². The third-order valence-electron chi connectivity index (χ3n) is 4.73. The van der Waals surface area contributed by atoms with Gasteiger partial charge in [-0.25, -0.2) is 4.39 Å². The van der Waals surface area contributed by atoms with E-state index in [2.05, 4.69) is 4.90 Å². The number of piperidine rings is 1. The van der Waals surface area contributed by atoms with Crippen LogP contribution >= 0.6 is 12.4 Å². The molecule has 0 aliphatic carbocycles. The molecule has 5 heteroatoms. The lowest BCUT2D eigenvalue weighted by Gasteiger charge is -2.42. The van der Waals surface area contributed by atoms with Crippen LogP contribution in [0.4, 0.5) is 4.39 Å². The van der Waals surface area contributed by atoms with E-state index >= 15 is 0 Å². The molecule has 1 aromatic rings. The molecule has 1 aromatic carbocycles. The van der Waals surface area contributed by atoms with E-state index in [4.69, 9.17) is 5.73 Å². The minimum absolute atomic E-state index is 0. The fourth-order valence-corrected chi connectivity index (χ4v) is 3.71. The molecule has 110 valence electrons. The summed E-state index contributed by atoms with van der Waals surface area (Å²) < 4.78 is 12.9. The maximum Gasteiger partial charge on any atom is 0.237 e. The van der Waals surface area contributed by atoms with E-state index < -0.39 is 5.54 Å². The number of amides is 1. The van der Waals surface area contributed by atoms with E-state index in [0.29, 0.717) is 12.6 Å². The summed E-state index contributed by atoms with van der Waals surface area (Å²) in [6.45, 7) is 0.688. The van der Waals surface area contributed by atoms with Gasteiger partial charge in [-0.1, -0.05) is 12.1 Å². The monoisotopic (exact) mass is 298 g/mol. The predicted molar refractivity (Wildman–Crippen MR) is 78.0 cm³/mol. The van der Waals surface area contributed by atoms with Crippen molar-refractivity contribution >= 4 is 18.3 Å². The van der Waals surface area contributed by atoms with Crippen LogP contribution in [-0.4, -0.2) is 22.4 Å². The van der Waals surface area contributed by atoms with Gasteiger partial charge in [-0.05, 0) is 49.8 Å². The second kappa shape index (κ2) is 5.70. The maximum atomic E-state index is 12.9. The molecule has 2 bridgehead atoms. The summed E-state index contributed by atoms with van der Waals surface area (Å²) in [5, 5.41) is 0. The first kappa shape index (κ1) is 15.3. The molecule has 3 rings (SSSR count). The van der Waals surface area contributed by atoms with E-state index in [0.717, 1.165) is 37.7 Å². The van der Waals surface area contributed by atoms with Crippen LogP contribution in [0.1, 0.15) is 37.7 Å². The van der Waals surface area contributed by atoms with Crippen molar-refractivity contribution < 1.29 is 9.18 Å². The number of primary amides is 1. The molecule has 2 fully saturated rings. The number of rotatable bonds is 3. The largest absolute Gasteiger partial charge is 0.368 e. The van der Waals surface area contributed by atoms with E-state index in [1.165, 1.54) is 12.1 Å². The Hall–Kier alpha value is -1.13. The van der Waals surface area contributed by atoms with Crippen LogP contribution < -0.4 is 5.73 Å². The molecule has 0 spiro atoms. The van der Waals surface area contributed by atoms with Crippen LogP contribution in [0, 0.1) is 5.82 Å². The van der Waals surface area contributed by atoms with Gasteiger partial charge in [0.05, 0.1) is 0 Å². The molecule has 0 radical (unpaired) electrons. The number of fused-ring (bicyclic) bond motifs is 2. The lowest BCUT2D eigenvalue weighted by molar-refractivity contribution is -0.132. The number of halogens is 2. The number of benzene rings is 1. The van der Waals surface area contributed by atoms with Crippen molar-refractivity contribution in [3.05, 3.63) is 35.6 Å². The summed E-state index contributed by atoms with van der Waals surface area (Å²) in [7, 11) is 0. The molecular weight excluding hydrogens is 279 g/mol. The van der Waals surface area contributed by atoms with E-state index in [-0.39, 0.29) is 24.1 Å². The molecule has 0 aromatic heterocycles. The third kappa shape index (κ3) is 2.42. The van der Waals surface area contributed by atoms with Crippen molar-refractivity contribution in [3.63, 3.8) is 0 Å². The number of carbonyl (C=O) groups excluding carboxylic acids is 1. The van der Waals surface area contributed by atoms with Gasteiger partial charge in [0, 0.05) is 12.6 Å². The molecule has 2 aliphatic rings. The van der Waals surface area contributed by atoms with E-state index in [9.17, 15) is 9.18 Å².